The zero-order valence-electron chi connectivity index (χ0n) is 12.3. The maximum atomic E-state index is 12.2. The number of amides is 1. The molecule has 0 saturated carbocycles. The molecular formula is C17H23NO2. The summed E-state index contributed by atoms with van der Waals surface area (Å²) in [6, 6.07) is 8.14. The average Bonchev–Trinajstić information content (AvgIpc) is 2.47. The minimum atomic E-state index is 0.100. The van der Waals surface area contributed by atoms with Crippen molar-refractivity contribution in [2.75, 3.05) is 13.2 Å². The van der Waals surface area contributed by atoms with Crippen LogP contribution in [0.4, 0.5) is 0 Å². The summed E-state index contributed by atoms with van der Waals surface area (Å²) >= 11 is 0. The van der Waals surface area contributed by atoms with E-state index in [-0.39, 0.29) is 5.91 Å². The Morgan fingerprint density at radius 2 is 2.20 bits per heavy atom. The molecule has 108 valence electrons. The van der Waals surface area contributed by atoms with Crippen LogP contribution in [-0.4, -0.2) is 30.0 Å². The predicted octanol–water partition coefficient (Wildman–Crippen LogP) is 3.50. The smallest absolute Gasteiger partial charge is 0.246 e. The number of carbonyl (C=O) groups is 1. The Morgan fingerprint density at radius 3 is 2.95 bits per heavy atom. The molecule has 0 aliphatic carbocycles. The van der Waals surface area contributed by atoms with Gasteiger partial charge in [-0.25, -0.2) is 0 Å². The summed E-state index contributed by atoms with van der Waals surface area (Å²) in [5.41, 5.74) is 0.951. The molecule has 1 amide bonds. The van der Waals surface area contributed by atoms with E-state index in [0.29, 0.717) is 12.6 Å². The van der Waals surface area contributed by atoms with Gasteiger partial charge in [0.1, 0.15) is 5.75 Å². The summed E-state index contributed by atoms with van der Waals surface area (Å²) in [5, 5.41) is 0. The SMILES string of the molecule is CCOc1ccccc1/C=C/C(=O)N1CCCCC1C. The first-order chi connectivity index (χ1) is 9.72. The molecule has 3 heteroatoms. The highest BCUT2D eigenvalue weighted by molar-refractivity contribution is 5.92. The zero-order chi connectivity index (χ0) is 14.4. The highest BCUT2D eigenvalue weighted by Crippen LogP contribution is 2.21. The molecule has 0 aromatic heterocycles. The third kappa shape index (κ3) is 3.62. The van der Waals surface area contributed by atoms with Crippen LogP contribution in [0.3, 0.4) is 0 Å². The van der Waals surface area contributed by atoms with Crippen LogP contribution in [0.5, 0.6) is 5.75 Å². The monoisotopic (exact) mass is 273 g/mol. The Kier molecular flexibility index (Phi) is 5.22. The van der Waals surface area contributed by atoms with Crippen LogP contribution in [0, 0.1) is 0 Å². The van der Waals surface area contributed by atoms with Gasteiger partial charge in [-0.05, 0) is 45.3 Å². The largest absolute Gasteiger partial charge is 0.493 e. The van der Waals surface area contributed by atoms with Crippen molar-refractivity contribution >= 4 is 12.0 Å². The van der Waals surface area contributed by atoms with Crippen LogP contribution in [0.15, 0.2) is 30.3 Å². The van der Waals surface area contributed by atoms with Gasteiger partial charge in [0.15, 0.2) is 0 Å². The summed E-state index contributed by atoms with van der Waals surface area (Å²) in [4.78, 5) is 14.2. The molecule has 0 spiro atoms. The summed E-state index contributed by atoms with van der Waals surface area (Å²) in [7, 11) is 0. The molecule has 1 fully saturated rings. The van der Waals surface area contributed by atoms with Gasteiger partial charge >= 0.3 is 0 Å². The highest BCUT2D eigenvalue weighted by atomic mass is 16.5. The molecular weight excluding hydrogens is 250 g/mol. The van der Waals surface area contributed by atoms with Gasteiger partial charge in [-0.15, -0.1) is 0 Å². The van der Waals surface area contributed by atoms with Crippen LogP contribution in [-0.2, 0) is 4.79 Å². The highest BCUT2D eigenvalue weighted by Gasteiger charge is 2.21. The number of rotatable bonds is 4. The lowest BCUT2D eigenvalue weighted by molar-refractivity contribution is -0.129. The van der Waals surface area contributed by atoms with E-state index in [1.807, 2.05) is 42.2 Å². The number of piperidine rings is 1. The molecule has 1 aromatic carbocycles. The molecule has 1 aliphatic rings. The molecule has 1 saturated heterocycles. The maximum absolute atomic E-state index is 12.2. The standard InChI is InChI=1S/C17H23NO2/c1-3-20-16-10-5-4-9-15(16)11-12-17(19)18-13-7-6-8-14(18)2/h4-5,9-12,14H,3,6-8,13H2,1-2H3/b12-11+. The molecule has 0 N–H and O–H groups in total. The number of para-hydroxylation sites is 1. The van der Waals surface area contributed by atoms with Gasteiger partial charge in [0.2, 0.25) is 5.91 Å². The van der Waals surface area contributed by atoms with Gasteiger partial charge in [-0.3, -0.25) is 4.79 Å². The topological polar surface area (TPSA) is 29.5 Å². The Bertz CT molecular complexity index is 482. The summed E-state index contributed by atoms with van der Waals surface area (Å²) < 4.78 is 5.56. The molecule has 1 heterocycles. The summed E-state index contributed by atoms with van der Waals surface area (Å²) in [5.74, 6) is 0.925. The fraction of sp³-hybridized carbons (Fsp3) is 0.471. The lowest BCUT2D eigenvalue weighted by atomic mass is 10.0. The van der Waals surface area contributed by atoms with Crippen molar-refractivity contribution in [1.82, 2.24) is 4.90 Å². The van der Waals surface area contributed by atoms with Crippen molar-refractivity contribution in [3.63, 3.8) is 0 Å². The normalized spacial score (nSPS) is 19.3. The fourth-order valence-corrected chi connectivity index (χ4v) is 2.59. The number of nitrogens with zero attached hydrogens (tertiary/aromatic N) is 1. The minimum Gasteiger partial charge on any atom is -0.493 e. The van der Waals surface area contributed by atoms with Crippen molar-refractivity contribution in [2.45, 2.75) is 39.2 Å². The maximum Gasteiger partial charge on any atom is 0.246 e. The van der Waals surface area contributed by atoms with Gasteiger partial charge in [0, 0.05) is 24.2 Å². The number of ether oxygens (including phenoxy) is 1. The Morgan fingerprint density at radius 1 is 1.40 bits per heavy atom. The van der Waals surface area contributed by atoms with E-state index in [0.717, 1.165) is 30.7 Å². The van der Waals surface area contributed by atoms with Crippen LogP contribution in [0.1, 0.15) is 38.7 Å². The number of likely N-dealkylation sites (tertiary alicyclic amines) is 1. The van der Waals surface area contributed by atoms with E-state index in [1.165, 1.54) is 6.42 Å². The second-order valence-electron chi connectivity index (χ2n) is 5.18. The molecule has 0 bridgehead atoms. The first kappa shape index (κ1) is 14.6. The molecule has 20 heavy (non-hydrogen) atoms. The number of hydrogen-bond donors (Lipinski definition) is 0. The Hall–Kier alpha value is -1.77. The molecule has 1 atom stereocenters. The van der Waals surface area contributed by atoms with E-state index in [1.54, 1.807) is 6.08 Å². The van der Waals surface area contributed by atoms with Crippen LogP contribution in [0.2, 0.25) is 0 Å². The third-order valence-corrected chi connectivity index (χ3v) is 3.71. The lowest BCUT2D eigenvalue weighted by Gasteiger charge is -2.32. The average molecular weight is 273 g/mol. The van der Waals surface area contributed by atoms with Crippen LogP contribution >= 0.6 is 0 Å². The quantitative estimate of drug-likeness (QED) is 0.786. The molecule has 1 aromatic rings. The van der Waals surface area contributed by atoms with Crippen molar-refractivity contribution in [3.8, 4) is 5.75 Å². The number of benzene rings is 1. The Labute approximate surface area is 121 Å². The van der Waals surface area contributed by atoms with Gasteiger partial charge in [0.25, 0.3) is 0 Å². The van der Waals surface area contributed by atoms with E-state index in [2.05, 4.69) is 6.92 Å². The predicted molar refractivity (Wildman–Crippen MR) is 81.7 cm³/mol. The molecule has 1 aliphatic heterocycles. The first-order valence-corrected chi connectivity index (χ1v) is 7.43. The van der Waals surface area contributed by atoms with Crippen molar-refractivity contribution in [1.29, 1.82) is 0 Å². The molecule has 3 nitrogen and oxygen atoms in total. The van der Waals surface area contributed by atoms with Gasteiger partial charge < -0.3 is 9.64 Å². The van der Waals surface area contributed by atoms with E-state index in [4.69, 9.17) is 4.74 Å². The van der Waals surface area contributed by atoms with Crippen LogP contribution < -0.4 is 4.74 Å². The van der Waals surface area contributed by atoms with E-state index < -0.39 is 0 Å². The second-order valence-corrected chi connectivity index (χ2v) is 5.18. The summed E-state index contributed by atoms with van der Waals surface area (Å²) in [6.07, 6.45) is 6.96. The number of hydrogen-bond acceptors (Lipinski definition) is 2. The third-order valence-electron chi connectivity index (χ3n) is 3.71. The molecule has 1 unspecified atom stereocenters. The van der Waals surface area contributed by atoms with Crippen molar-refractivity contribution < 1.29 is 9.53 Å². The van der Waals surface area contributed by atoms with E-state index in [9.17, 15) is 4.79 Å². The van der Waals surface area contributed by atoms with Gasteiger partial charge in [0.05, 0.1) is 6.61 Å². The second kappa shape index (κ2) is 7.13. The van der Waals surface area contributed by atoms with E-state index >= 15 is 0 Å². The fourth-order valence-electron chi connectivity index (χ4n) is 2.59. The zero-order valence-corrected chi connectivity index (χ0v) is 12.3. The Balaban J connectivity index is 2.06. The molecule has 0 radical (unpaired) electrons. The van der Waals surface area contributed by atoms with Crippen molar-refractivity contribution in [2.24, 2.45) is 0 Å². The molecule has 2 rings (SSSR count). The van der Waals surface area contributed by atoms with Crippen molar-refractivity contribution in [3.05, 3.63) is 35.9 Å². The minimum absolute atomic E-state index is 0.100. The summed E-state index contributed by atoms with van der Waals surface area (Å²) in [6.45, 7) is 5.58. The first-order valence-electron chi connectivity index (χ1n) is 7.43. The van der Waals surface area contributed by atoms with Gasteiger partial charge in [-0.2, -0.15) is 0 Å². The van der Waals surface area contributed by atoms with Crippen LogP contribution in [0.25, 0.3) is 6.08 Å². The number of carbonyl (C=O) groups excluding carboxylic acids is 1. The lowest BCUT2D eigenvalue weighted by Crippen LogP contribution is -2.41. The van der Waals surface area contributed by atoms with Gasteiger partial charge in [-0.1, -0.05) is 18.2 Å².